The van der Waals surface area contributed by atoms with Gasteiger partial charge in [-0.2, -0.15) is 0 Å². The van der Waals surface area contributed by atoms with Crippen LogP contribution in [0.15, 0.2) is 51.5 Å². The summed E-state index contributed by atoms with van der Waals surface area (Å²) in [5.74, 6) is 1.29. The van der Waals surface area contributed by atoms with E-state index in [0.717, 1.165) is 0 Å². The third kappa shape index (κ3) is 2.86. The molecule has 0 unspecified atom stereocenters. The van der Waals surface area contributed by atoms with Crippen LogP contribution in [0.25, 0.3) is 23.6 Å². The number of hydrogen-bond acceptors (Lipinski definition) is 6. The van der Waals surface area contributed by atoms with E-state index in [1.165, 1.54) is 12.1 Å². The van der Waals surface area contributed by atoms with Crippen molar-refractivity contribution in [3.8, 4) is 11.5 Å². The Morgan fingerprint density at radius 1 is 1.10 bits per heavy atom. The molecule has 0 N–H and O–H groups in total. The number of rotatable bonds is 4. The molecule has 0 aliphatic carbocycles. The lowest BCUT2D eigenvalue weighted by molar-refractivity contribution is -0.384. The van der Waals surface area contributed by atoms with Gasteiger partial charge in [-0.05, 0) is 30.3 Å². The minimum absolute atomic E-state index is 0.0104. The quantitative estimate of drug-likeness (QED) is 0.537. The van der Waals surface area contributed by atoms with E-state index in [1.807, 2.05) is 0 Å². The van der Waals surface area contributed by atoms with Gasteiger partial charge in [-0.1, -0.05) is 0 Å². The zero-order valence-corrected chi connectivity index (χ0v) is 10.7. The molecule has 3 aromatic rings. The van der Waals surface area contributed by atoms with Gasteiger partial charge in [-0.25, -0.2) is 0 Å². The van der Waals surface area contributed by atoms with E-state index < -0.39 is 4.92 Å². The summed E-state index contributed by atoms with van der Waals surface area (Å²) in [7, 11) is 0. The Hall–Kier alpha value is -3.22. The van der Waals surface area contributed by atoms with E-state index in [1.54, 1.807) is 42.7 Å². The Kier molecular flexibility index (Phi) is 3.30. The number of furan rings is 1. The van der Waals surface area contributed by atoms with Crippen LogP contribution in [-0.4, -0.2) is 15.1 Å². The Morgan fingerprint density at radius 3 is 2.57 bits per heavy atom. The molecule has 0 amide bonds. The molecule has 0 aliphatic rings. The van der Waals surface area contributed by atoms with Crippen molar-refractivity contribution in [2.45, 2.75) is 0 Å². The Morgan fingerprint density at radius 2 is 1.90 bits per heavy atom. The molecule has 3 rings (SSSR count). The van der Waals surface area contributed by atoms with Crippen LogP contribution in [-0.2, 0) is 0 Å². The van der Waals surface area contributed by atoms with Crippen molar-refractivity contribution in [1.82, 2.24) is 10.2 Å². The fraction of sp³-hybridized carbons (Fsp3) is 0. The molecule has 0 radical (unpaired) electrons. The molecule has 0 fully saturated rings. The van der Waals surface area contributed by atoms with Crippen molar-refractivity contribution in [3.05, 3.63) is 64.4 Å². The van der Waals surface area contributed by atoms with Crippen LogP contribution in [0.2, 0.25) is 0 Å². The standard InChI is InChI=1S/C14H9N3O4/c18-17(19)11-5-3-10(4-6-11)14-16-15-13(21-14)8-7-12-2-1-9-20-12/h1-9H. The Balaban J connectivity index is 1.79. The van der Waals surface area contributed by atoms with Gasteiger partial charge in [0.2, 0.25) is 11.8 Å². The molecule has 104 valence electrons. The summed E-state index contributed by atoms with van der Waals surface area (Å²) in [5, 5.41) is 18.3. The number of nitrogens with zero attached hydrogens (tertiary/aromatic N) is 3. The number of benzene rings is 1. The summed E-state index contributed by atoms with van der Waals surface area (Å²) in [4.78, 5) is 10.1. The number of hydrogen-bond donors (Lipinski definition) is 0. The monoisotopic (exact) mass is 283 g/mol. The van der Waals surface area contributed by atoms with Crippen molar-refractivity contribution >= 4 is 17.8 Å². The first-order chi connectivity index (χ1) is 10.2. The smallest absolute Gasteiger partial charge is 0.269 e. The van der Waals surface area contributed by atoms with Crippen LogP contribution in [0.3, 0.4) is 0 Å². The molecule has 1 aromatic carbocycles. The lowest BCUT2D eigenvalue weighted by Gasteiger charge is -1.93. The van der Waals surface area contributed by atoms with Gasteiger partial charge in [-0.3, -0.25) is 10.1 Å². The zero-order chi connectivity index (χ0) is 14.7. The zero-order valence-electron chi connectivity index (χ0n) is 10.7. The lowest BCUT2D eigenvalue weighted by Crippen LogP contribution is -1.87. The molecule has 7 nitrogen and oxygen atoms in total. The van der Waals surface area contributed by atoms with E-state index in [-0.39, 0.29) is 5.69 Å². The molecular formula is C14H9N3O4. The van der Waals surface area contributed by atoms with Gasteiger partial charge in [0.15, 0.2) is 0 Å². The summed E-state index contributed by atoms with van der Waals surface area (Å²) in [6.07, 6.45) is 4.89. The number of aromatic nitrogens is 2. The summed E-state index contributed by atoms with van der Waals surface area (Å²) in [6, 6.07) is 9.47. The molecule has 0 aliphatic heterocycles. The molecular weight excluding hydrogens is 274 g/mol. The van der Waals surface area contributed by atoms with Gasteiger partial charge in [0.1, 0.15) is 5.76 Å². The second kappa shape index (κ2) is 5.41. The van der Waals surface area contributed by atoms with Gasteiger partial charge in [0, 0.05) is 23.8 Å². The maximum Gasteiger partial charge on any atom is 0.269 e. The highest BCUT2D eigenvalue weighted by Gasteiger charge is 2.09. The topological polar surface area (TPSA) is 95.2 Å². The van der Waals surface area contributed by atoms with Crippen LogP contribution in [0, 0.1) is 10.1 Å². The summed E-state index contributed by atoms with van der Waals surface area (Å²) >= 11 is 0. The maximum absolute atomic E-state index is 10.6. The highest BCUT2D eigenvalue weighted by Crippen LogP contribution is 2.21. The number of nitro groups is 1. The van der Waals surface area contributed by atoms with E-state index in [9.17, 15) is 10.1 Å². The van der Waals surface area contributed by atoms with Crippen LogP contribution in [0.1, 0.15) is 11.7 Å². The maximum atomic E-state index is 10.6. The van der Waals surface area contributed by atoms with Gasteiger partial charge in [0.25, 0.3) is 5.69 Å². The molecule has 0 atom stereocenters. The third-order valence-electron chi connectivity index (χ3n) is 2.70. The van der Waals surface area contributed by atoms with E-state index in [0.29, 0.717) is 23.1 Å². The highest BCUT2D eigenvalue weighted by molar-refractivity contribution is 5.64. The van der Waals surface area contributed by atoms with Gasteiger partial charge in [0.05, 0.1) is 11.2 Å². The van der Waals surface area contributed by atoms with Crippen molar-refractivity contribution in [3.63, 3.8) is 0 Å². The highest BCUT2D eigenvalue weighted by atomic mass is 16.6. The number of nitro benzene ring substituents is 1. The summed E-state index contributed by atoms with van der Waals surface area (Å²) in [6.45, 7) is 0. The minimum atomic E-state index is -0.463. The Bertz CT molecular complexity index is 773. The predicted molar refractivity (Wildman–Crippen MR) is 74.0 cm³/mol. The van der Waals surface area contributed by atoms with Gasteiger partial charge in [-0.15, -0.1) is 10.2 Å². The van der Waals surface area contributed by atoms with Crippen LogP contribution in [0.4, 0.5) is 5.69 Å². The van der Waals surface area contributed by atoms with Crippen LogP contribution < -0.4 is 0 Å². The van der Waals surface area contributed by atoms with Crippen molar-refractivity contribution in [2.75, 3.05) is 0 Å². The fourth-order valence-electron chi connectivity index (χ4n) is 1.68. The SMILES string of the molecule is O=[N+]([O-])c1ccc(-c2nnc(C=Cc3ccco3)o2)cc1. The minimum Gasteiger partial charge on any atom is -0.465 e. The average molecular weight is 283 g/mol. The second-order valence-electron chi connectivity index (χ2n) is 4.10. The molecule has 0 saturated heterocycles. The average Bonchev–Trinajstić information content (AvgIpc) is 3.17. The summed E-state index contributed by atoms with van der Waals surface area (Å²) in [5.41, 5.74) is 0.627. The lowest BCUT2D eigenvalue weighted by atomic mass is 10.2. The third-order valence-corrected chi connectivity index (χ3v) is 2.70. The van der Waals surface area contributed by atoms with Crippen molar-refractivity contribution in [2.24, 2.45) is 0 Å². The van der Waals surface area contributed by atoms with Gasteiger partial charge >= 0.3 is 0 Å². The van der Waals surface area contributed by atoms with Gasteiger partial charge < -0.3 is 8.83 Å². The summed E-state index contributed by atoms with van der Waals surface area (Å²) < 4.78 is 10.6. The normalized spacial score (nSPS) is 11.0. The molecule has 0 bridgehead atoms. The fourth-order valence-corrected chi connectivity index (χ4v) is 1.68. The molecule has 0 spiro atoms. The van der Waals surface area contributed by atoms with Crippen LogP contribution in [0.5, 0.6) is 0 Å². The molecule has 0 saturated carbocycles. The first-order valence-electron chi connectivity index (χ1n) is 6.02. The number of non-ortho nitro benzene ring substituents is 1. The van der Waals surface area contributed by atoms with E-state index >= 15 is 0 Å². The van der Waals surface area contributed by atoms with Crippen molar-refractivity contribution < 1.29 is 13.8 Å². The second-order valence-corrected chi connectivity index (χ2v) is 4.10. The largest absolute Gasteiger partial charge is 0.465 e. The Labute approximate surface area is 118 Å². The first-order valence-corrected chi connectivity index (χ1v) is 6.02. The molecule has 7 heteroatoms. The van der Waals surface area contributed by atoms with Crippen molar-refractivity contribution in [1.29, 1.82) is 0 Å². The van der Waals surface area contributed by atoms with E-state index in [2.05, 4.69) is 10.2 Å². The molecule has 2 heterocycles. The first kappa shape index (κ1) is 12.8. The molecule has 2 aromatic heterocycles. The predicted octanol–water partition coefficient (Wildman–Crippen LogP) is 3.41. The molecule has 21 heavy (non-hydrogen) atoms. The van der Waals surface area contributed by atoms with Crippen LogP contribution >= 0.6 is 0 Å². The van der Waals surface area contributed by atoms with E-state index in [4.69, 9.17) is 8.83 Å².